The number of hydrogen-bond acceptors (Lipinski definition) is 4. The predicted octanol–water partition coefficient (Wildman–Crippen LogP) is 5.49. The summed E-state index contributed by atoms with van der Waals surface area (Å²) < 4.78 is 1.76. The van der Waals surface area contributed by atoms with Gasteiger partial charge in [0.25, 0.3) is 5.91 Å². The first-order chi connectivity index (χ1) is 18.0. The number of amides is 3. The molecule has 0 radical (unpaired) electrons. The molecule has 2 aromatic carbocycles. The molecule has 0 unspecified atom stereocenters. The van der Waals surface area contributed by atoms with Crippen molar-refractivity contribution in [1.82, 2.24) is 14.7 Å². The summed E-state index contributed by atoms with van der Waals surface area (Å²) >= 11 is 0. The summed E-state index contributed by atoms with van der Waals surface area (Å²) in [4.78, 5) is 37.8. The second kappa shape index (κ2) is 11.2. The van der Waals surface area contributed by atoms with Crippen molar-refractivity contribution >= 4 is 29.2 Å². The minimum absolute atomic E-state index is 0.168. The van der Waals surface area contributed by atoms with E-state index < -0.39 is 5.78 Å². The van der Waals surface area contributed by atoms with Crippen molar-refractivity contribution in [2.24, 2.45) is 5.92 Å². The lowest BCUT2D eigenvalue weighted by Crippen LogP contribution is -2.41. The van der Waals surface area contributed by atoms with Crippen molar-refractivity contribution in [3.8, 4) is 5.69 Å². The number of carbonyl (C=O) groups is 3. The molecule has 3 aromatic rings. The molecule has 0 bridgehead atoms. The molecule has 4 rings (SSSR count). The number of urea groups is 1. The Balaban J connectivity index is 1.37. The predicted molar refractivity (Wildman–Crippen MR) is 150 cm³/mol. The lowest BCUT2D eigenvalue weighted by Gasteiger charge is -2.31. The van der Waals surface area contributed by atoms with Gasteiger partial charge >= 0.3 is 6.03 Å². The Kier molecular flexibility index (Phi) is 7.99. The fourth-order valence-corrected chi connectivity index (χ4v) is 4.62. The summed E-state index contributed by atoms with van der Waals surface area (Å²) in [6.45, 7) is 10.9. The van der Waals surface area contributed by atoms with Crippen LogP contribution in [0.4, 0.5) is 16.3 Å². The molecule has 1 saturated heterocycles. The van der Waals surface area contributed by atoms with E-state index in [1.165, 1.54) is 12.5 Å². The van der Waals surface area contributed by atoms with E-state index in [0.717, 1.165) is 36.2 Å². The number of nitrogens with one attached hydrogen (secondary N) is 2. The number of aryl methyl sites for hydroxylation is 1. The van der Waals surface area contributed by atoms with Crippen molar-refractivity contribution in [1.29, 1.82) is 0 Å². The summed E-state index contributed by atoms with van der Waals surface area (Å²) in [5, 5.41) is 10.6. The second-order valence-electron chi connectivity index (χ2n) is 11.2. The number of anilines is 2. The fourth-order valence-electron chi connectivity index (χ4n) is 4.62. The lowest BCUT2D eigenvalue weighted by atomic mass is 9.90. The van der Waals surface area contributed by atoms with Crippen LogP contribution in [-0.2, 0) is 21.4 Å². The highest BCUT2D eigenvalue weighted by Crippen LogP contribution is 2.27. The van der Waals surface area contributed by atoms with Crippen molar-refractivity contribution < 1.29 is 14.4 Å². The van der Waals surface area contributed by atoms with E-state index in [-0.39, 0.29) is 17.4 Å². The molecule has 200 valence electrons. The molecule has 38 heavy (non-hydrogen) atoms. The summed E-state index contributed by atoms with van der Waals surface area (Å²) in [7, 11) is 0. The Bertz CT molecular complexity index is 1300. The summed E-state index contributed by atoms with van der Waals surface area (Å²) in [6, 6.07) is 17.5. The van der Waals surface area contributed by atoms with Crippen LogP contribution in [0.25, 0.3) is 5.69 Å². The highest BCUT2D eigenvalue weighted by atomic mass is 16.2. The minimum atomic E-state index is -0.398. The number of ketones is 1. The molecule has 0 saturated carbocycles. The van der Waals surface area contributed by atoms with Gasteiger partial charge in [0.2, 0.25) is 5.78 Å². The number of piperidine rings is 1. The molecule has 0 spiro atoms. The van der Waals surface area contributed by atoms with Crippen molar-refractivity contribution in [3.05, 3.63) is 71.4 Å². The zero-order valence-electron chi connectivity index (χ0n) is 22.9. The number of hydrogen-bond donors (Lipinski definition) is 2. The molecule has 2 heterocycles. The maximum atomic E-state index is 12.9. The first-order valence-corrected chi connectivity index (χ1v) is 13.1. The third-order valence-corrected chi connectivity index (χ3v) is 6.94. The smallest absolute Gasteiger partial charge is 0.324 e. The Hall–Kier alpha value is -3.94. The van der Waals surface area contributed by atoms with Gasteiger partial charge in [-0.15, -0.1) is 0 Å². The Morgan fingerprint density at radius 3 is 2.16 bits per heavy atom. The number of carbonyl (C=O) groups excluding carboxylic acids is 3. The van der Waals surface area contributed by atoms with Gasteiger partial charge in [0.15, 0.2) is 0 Å². The van der Waals surface area contributed by atoms with Crippen molar-refractivity contribution in [2.75, 3.05) is 23.7 Å². The maximum Gasteiger partial charge on any atom is 0.324 e. The van der Waals surface area contributed by atoms with Crippen LogP contribution in [0.15, 0.2) is 54.6 Å². The van der Waals surface area contributed by atoms with Gasteiger partial charge in [0.1, 0.15) is 5.82 Å². The number of aromatic nitrogens is 2. The quantitative estimate of drug-likeness (QED) is 0.424. The summed E-state index contributed by atoms with van der Waals surface area (Å²) in [5.74, 6) is 0.285. The molecular weight excluding hydrogens is 478 g/mol. The largest absolute Gasteiger partial charge is 0.336 e. The highest BCUT2D eigenvalue weighted by Gasteiger charge is 2.25. The van der Waals surface area contributed by atoms with Gasteiger partial charge in [-0.2, -0.15) is 5.10 Å². The second-order valence-corrected chi connectivity index (χ2v) is 11.2. The third kappa shape index (κ3) is 6.68. The van der Waals surface area contributed by atoms with E-state index >= 15 is 0 Å². The van der Waals surface area contributed by atoms with Gasteiger partial charge in [-0.05, 0) is 61.9 Å². The molecule has 8 heteroatoms. The number of nitrogens with zero attached hydrogens (tertiary/aromatic N) is 3. The van der Waals surface area contributed by atoms with Crippen LogP contribution in [0.5, 0.6) is 0 Å². The van der Waals surface area contributed by atoms with Crippen LogP contribution in [0.3, 0.4) is 0 Å². The van der Waals surface area contributed by atoms with Gasteiger partial charge in [0.05, 0.1) is 11.4 Å². The van der Waals surface area contributed by atoms with Gasteiger partial charge in [-0.1, -0.05) is 50.6 Å². The van der Waals surface area contributed by atoms with Crippen LogP contribution in [0, 0.1) is 12.8 Å². The van der Waals surface area contributed by atoms with Crippen LogP contribution in [0.2, 0.25) is 0 Å². The lowest BCUT2D eigenvalue weighted by molar-refractivity contribution is -0.144. The van der Waals surface area contributed by atoms with E-state index in [1.807, 2.05) is 61.5 Å². The van der Waals surface area contributed by atoms with Crippen molar-refractivity contribution in [2.45, 2.75) is 59.3 Å². The van der Waals surface area contributed by atoms with Gasteiger partial charge in [0, 0.05) is 37.2 Å². The Labute approximate surface area is 224 Å². The van der Waals surface area contributed by atoms with Gasteiger partial charge in [-0.3, -0.25) is 14.9 Å². The van der Waals surface area contributed by atoms with E-state index in [0.29, 0.717) is 30.5 Å². The van der Waals surface area contributed by atoms with E-state index in [2.05, 4.69) is 31.4 Å². The Morgan fingerprint density at radius 1 is 0.947 bits per heavy atom. The van der Waals surface area contributed by atoms with Crippen LogP contribution < -0.4 is 10.6 Å². The molecule has 1 aromatic heterocycles. The molecule has 0 aliphatic carbocycles. The summed E-state index contributed by atoms with van der Waals surface area (Å²) in [6.07, 6.45) is 2.67. The van der Waals surface area contributed by atoms with Crippen LogP contribution in [-0.4, -0.2) is 45.5 Å². The average Bonchev–Trinajstić information content (AvgIpc) is 3.30. The monoisotopic (exact) mass is 515 g/mol. The molecule has 0 atom stereocenters. The van der Waals surface area contributed by atoms with Gasteiger partial charge in [-0.25, -0.2) is 9.48 Å². The normalized spacial score (nSPS) is 14.3. The fraction of sp³-hybridized carbons (Fsp3) is 0.400. The number of rotatable bonds is 6. The van der Waals surface area contributed by atoms with E-state index in [9.17, 15) is 14.4 Å². The molecule has 3 amide bonds. The number of Topliss-reactive ketones (excluding diaryl/α,β-unsaturated/α-hetero) is 1. The minimum Gasteiger partial charge on any atom is -0.336 e. The Morgan fingerprint density at radius 2 is 1.58 bits per heavy atom. The van der Waals surface area contributed by atoms with E-state index in [4.69, 9.17) is 5.10 Å². The molecule has 1 aliphatic rings. The standard InChI is InChI=1S/C30H37N5O3/c1-20-6-12-25(13-7-20)35-27(19-26(33-35)30(3,4)5)32-29(38)31-24-10-8-22(9-11-24)18-23-14-16-34(17-15-23)28(37)21(2)36/h6-13,19,23H,14-18H2,1-5H3,(H2,31,32,38). The molecule has 2 N–H and O–H groups in total. The van der Waals surface area contributed by atoms with Crippen LogP contribution >= 0.6 is 0 Å². The third-order valence-electron chi connectivity index (χ3n) is 6.94. The van der Waals surface area contributed by atoms with Gasteiger partial charge < -0.3 is 10.2 Å². The molecule has 1 aliphatic heterocycles. The number of likely N-dealkylation sites (tertiary alicyclic amines) is 1. The zero-order chi connectivity index (χ0) is 27.4. The number of benzene rings is 2. The average molecular weight is 516 g/mol. The molecule has 8 nitrogen and oxygen atoms in total. The first-order valence-electron chi connectivity index (χ1n) is 13.1. The van der Waals surface area contributed by atoms with E-state index in [1.54, 1.807) is 9.58 Å². The van der Waals surface area contributed by atoms with Crippen LogP contribution in [0.1, 0.15) is 57.4 Å². The molecular formula is C30H37N5O3. The zero-order valence-corrected chi connectivity index (χ0v) is 22.9. The molecule has 1 fully saturated rings. The SMILES string of the molecule is CC(=O)C(=O)N1CCC(Cc2ccc(NC(=O)Nc3cc(C(C)(C)C)nn3-c3ccc(C)cc3)cc2)CC1. The topological polar surface area (TPSA) is 96.3 Å². The highest BCUT2D eigenvalue weighted by molar-refractivity contribution is 6.35. The van der Waals surface area contributed by atoms with Crippen molar-refractivity contribution in [3.63, 3.8) is 0 Å². The summed E-state index contributed by atoms with van der Waals surface area (Å²) in [5.41, 5.74) is 4.63. The first kappa shape index (κ1) is 27.1. The maximum absolute atomic E-state index is 12.9.